The standard InChI is InChI=1S/C16H24FN5O/c1-3-22(4-2)11-5-10-18-15-19-14(20-16(23)21-15)12-6-8-13(17)9-7-12/h6-9,14H,3-5,10-11H2,1-2H3,(H3,18,19,20,21,23). The Morgan fingerprint density at radius 3 is 2.52 bits per heavy atom. The third kappa shape index (κ3) is 5.21. The number of aliphatic imine (C=N–C) groups is 1. The molecule has 0 aliphatic carbocycles. The first-order valence-electron chi connectivity index (χ1n) is 7.98. The van der Waals surface area contributed by atoms with Gasteiger partial charge in [0.05, 0.1) is 0 Å². The predicted octanol–water partition coefficient (Wildman–Crippen LogP) is 1.81. The summed E-state index contributed by atoms with van der Waals surface area (Å²) in [5.41, 5.74) is 0.775. The van der Waals surface area contributed by atoms with Crippen molar-refractivity contribution in [2.24, 2.45) is 4.99 Å². The van der Waals surface area contributed by atoms with Crippen LogP contribution in [0, 0.1) is 5.82 Å². The Bertz CT molecular complexity index is 542. The van der Waals surface area contributed by atoms with Crippen molar-refractivity contribution >= 4 is 12.0 Å². The molecule has 0 bridgehead atoms. The van der Waals surface area contributed by atoms with Crippen LogP contribution >= 0.6 is 0 Å². The van der Waals surface area contributed by atoms with Gasteiger partial charge in [-0.3, -0.25) is 10.3 Å². The third-order valence-corrected chi connectivity index (χ3v) is 3.79. The number of carbonyl (C=O) groups excluding carboxylic acids is 1. The summed E-state index contributed by atoms with van der Waals surface area (Å²) in [5.74, 6) is 0.141. The fraction of sp³-hybridized carbons (Fsp3) is 0.500. The van der Waals surface area contributed by atoms with Crippen molar-refractivity contribution < 1.29 is 9.18 Å². The van der Waals surface area contributed by atoms with Gasteiger partial charge in [0, 0.05) is 6.54 Å². The molecule has 1 aromatic rings. The van der Waals surface area contributed by atoms with Crippen molar-refractivity contribution in [1.82, 2.24) is 20.9 Å². The second kappa shape index (κ2) is 8.47. The molecule has 0 saturated carbocycles. The fourth-order valence-electron chi connectivity index (χ4n) is 2.42. The lowest BCUT2D eigenvalue weighted by atomic mass is 10.1. The van der Waals surface area contributed by atoms with E-state index in [1.807, 2.05) is 0 Å². The second-order valence-electron chi connectivity index (χ2n) is 5.34. The van der Waals surface area contributed by atoms with Crippen molar-refractivity contribution in [2.75, 3.05) is 26.2 Å². The molecule has 3 N–H and O–H groups in total. The minimum atomic E-state index is -0.411. The van der Waals surface area contributed by atoms with E-state index in [2.05, 4.69) is 39.7 Å². The number of rotatable bonds is 7. The number of nitrogens with one attached hydrogen (secondary N) is 3. The Balaban J connectivity index is 1.90. The van der Waals surface area contributed by atoms with E-state index in [-0.39, 0.29) is 11.8 Å². The minimum absolute atomic E-state index is 0.306. The van der Waals surface area contributed by atoms with E-state index in [4.69, 9.17) is 0 Å². The first kappa shape index (κ1) is 17.2. The number of urea groups is 1. The molecule has 1 unspecified atom stereocenters. The van der Waals surface area contributed by atoms with Gasteiger partial charge in [-0.2, -0.15) is 0 Å². The zero-order valence-electron chi connectivity index (χ0n) is 13.6. The molecule has 23 heavy (non-hydrogen) atoms. The van der Waals surface area contributed by atoms with Gasteiger partial charge >= 0.3 is 6.03 Å². The number of hydrogen-bond donors (Lipinski definition) is 3. The molecule has 1 fully saturated rings. The fourth-order valence-corrected chi connectivity index (χ4v) is 2.42. The summed E-state index contributed by atoms with van der Waals surface area (Å²) in [4.78, 5) is 18.5. The molecule has 1 heterocycles. The normalized spacial score (nSPS) is 19.4. The van der Waals surface area contributed by atoms with Gasteiger partial charge in [0.2, 0.25) is 5.96 Å². The van der Waals surface area contributed by atoms with Crippen LogP contribution in [-0.2, 0) is 0 Å². The molecule has 2 rings (SSSR count). The number of hydrogen-bond acceptors (Lipinski definition) is 3. The molecular weight excluding hydrogens is 297 g/mol. The Morgan fingerprint density at radius 1 is 1.17 bits per heavy atom. The van der Waals surface area contributed by atoms with Gasteiger partial charge in [0.15, 0.2) is 0 Å². The summed E-state index contributed by atoms with van der Waals surface area (Å²) in [6, 6.07) is 5.69. The second-order valence-corrected chi connectivity index (χ2v) is 5.34. The Kier molecular flexibility index (Phi) is 6.34. The Labute approximate surface area is 136 Å². The summed E-state index contributed by atoms with van der Waals surface area (Å²) in [6.07, 6.45) is 0.517. The highest BCUT2D eigenvalue weighted by Crippen LogP contribution is 2.12. The third-order valence-electron chi connectivity index (χ3n) is 3.79. The van der Waals surface area contributed by atoms with E-state index >= 15 is 0 Å². The molecule has 1 aliphatic heterocycles. The SMILES string of the molecule is CCN(CC)CCCN=C1NC(=O)NC(c2ccc(F)cc2)N1. The maximum absolute atomic E-state index is 13.0. The van der Waals surface area contributed by atoms with Gasteiger partial charge in [0.1, 0.15) is 12.0 Å². The monoisotopic (exact) mass is 321 g/mol. The molecule has 7 heteroatoms. The number of benzene rings is 1. The van der Waals surface area contributed by atoms with Crippen LogP contribution in [0.3, 0.4) is 0 Å². The van der Waals surface area contributed by atoms with E-state index in [0.717, 1.165) is 31.6 Å². The lowest BCUT2D eigenvalue weighted by molar-refractivity contribution is 0.236. The zero-order chi connectivity index (χ0) is 16.7. The van der Waals surface area contributed by atoms with E-state index < -0.39 is 6.17 Å². The number of guanidine groups is 1. The summed E-state index contributed by atoms with van der Waals surface area (Å²) >= 11 is 0. The molecule has 0 radical (unpaired) electrons. The molecule has 1 aromatic carbocycles. The van der Waals surface area contributed by atoms with Crippen molar-refractivity contribution in [1.29, 1.82) is 0 Å². The van der Waals surface area contributed by atoms with E-state index in [9.17, 15) is 9.18 Å². The summed E-state index contributed by atoms with van der Waals surface area (Å²) in [7, 11) is 0. The van der Waals surface area contributed by atoms with Gasteiger partial charge in [0.25, 0.3) is 0 Å². The van der Waals surface area contributed by atoms with Gasteiger partial charge < -0.3 is 15.5 Å². The van der Waals surface area contributed by atoms with Crippen LogP contribution in [0.5, 0.6) is 0 Å². The van der Waals surface area contributed by atoms with Crippen molar-refractivity contribution in [2.45, 2.75) is 26.4 Å². The average Bonchev–Trinajstić information content (AvgIpc) is 2.55. The highest BCUT2D eigenvalue weighted by Gasteiger charge is 2.22. The Morgan fingerprint density at radius 2 is 1.87 bits per heavy atom. The topological polar surface area (TPSA) is 68.8 Å². The highest BCUT2D eigenvalue weighted by molar-refractivity contribution is 5.98. The maximum atomic E-state index is 13.0. The maximum Gasteiger partial charge on any atom is 0.323 e. The summed E-state index contributed by atoms with van der Waals surface area (Å²) in [6.45, 7) is 7.94. The van der Waals surface area contributed by atoms with Crippen LogP contribution in [0.2, 0.25) is 0 Å². The minimum Gasteiger partial charge on any atom is -0.332 e. The van der Waals surface area contributed by atoms with E-state index in [1.165, 1.54) is 12.1 Å². The largest absolute Gasteiger partial charge is 0.332 e. The predicted molar refractivity (Wildman–Crippen MR) is 88.7 cm³/mol. The van der Waals surface area contributed by atoms with Crippen molar-refractivity contribution in [3.63, 3.8) is 0 Å². The molecule has 2 amide bonds. The number of halogens is 1. The van der Waals surface area contributed by atoms with Crippen LogP contribution < -0.4 is 16.0 Å². The van der Waals surface area contributed by atoms with Crippen molar-refractivity contribution in [3.8, 4) is 0 Å². The molecule has 1 aliphatic rings. The smallest absolute Gasteiger partial charge is 0.323 e. The van der Waals surface area contributed by atoms with E-state index in [1.54, 1.807) is 12.1 Å². The van der Waals surface area contributed by atoms with Crippen molar-refractivity contribution in [3.05, 3.63) is 35.6 Å². The van der Waals surface area contributed by atoms with Crippen LogP contribution in [0.15, 0.2) is 29.3 Å². The lowest BCUT2D eigenvalue weighted by Crippen LogP contribution is -2.57. The average molecular weight is 321 g/mol. The molecule has 0 spiro atoms. The van der Waals surface area contributed by atoms with Gasteiger partial charge in [-0.15, -0.1) is 0 Å². The molecule has 6 nitrogen and oxygen atoms in total. The van der Waals surface area contributed by atoms with Gasteiger partial charge in [-0.1, -0.05) is 26.0 Å². The highest BCUT2D eigenvalue weighted by atomic mass is 19.1. The van der Waals surface area contributed by atoms with Crippen LogP contribution in [0.25, 0.3) is 0 Å². The number of carbonyl (C=O) groups is 1. The summed E-state index contributed by atoms with van der Waals surface area (Å²) in [5, 5.41) is 8.49. The quantitative estimate of drug-likeness (QED) is 0.671. The van der Waals surface area contributed by atoms with Crippen LogP contribution in [-0.4, -0.2) is 43.1 Å². The number of amides is 2. The zero-order valence-corrected chi connectivity index (χ0v) is 13.6. The Hall–Kier alpha value is -2.15. The summed E-state index contributed by atoms with van der Waals surface area (Å²) < 4.78 is 13.0. The first-order valence-corrected chi connectivity index (χ1v) is 7.98. The molecular formula is C16H24FN5O. The molecule has 126 valence electrons. The lowest BCUT2D eigenvalue weighted by Gasteiger charge is -2.28. The number of nitrogens with zero attached hydrogens (tertiary/aromatic N) is 2. The van der Waals surface area contributed by atoms with E-state index in [0.29, 0.717) is 12.5 Å². The molecule has 1 saturated heterocycles. The van der Waals surface area contributed by atoms with Gasteiger partial charge in [-0.05, 0) is 43.8 Å². The van der Waals surface area contributed by atoms with Crippen LogP contribution in [0.4, 0.5) is 9.18 Å². The first-order chi connectivity index (χ1) is 11.1. The van der Waals surface area contributed by atoms with Crippen LogP contribution in [0.1, 0.15) is 32.0 Å². The molecule has 1 atom stereocenters. The molecule has 0 aromatic heterocycles. The van der Waals surface area contributed by atoms with Gasteiger partial charge in [-0.25, -0.2) is 9.18 Å².